The monoisotopic (exact) mass is 524 g/mol. The van der Waals surface area contributed by atoms with Crippen molar-refractivity contribution in [2.24, 2.45) is 5.92 Å². The molecule has 3 aromatic rings. The van der Waals surface area contributed by atoms with Gasteiger partial charge in [-0.2, -0.15) is 0 Å². The maximum absolute atomic E-state index is 12.5. The van der Waals surface area contributed by atoms with Crippen LogP contribution in [0.3, 0.4) is 0 Å². The predicted octanol–water partition coefficient (Wildman–Crippen LogP) is 2.68. The number of carbonyl (C=O) groups excluding carboxylic acids is 2. The Morgan fingerprint density at radius 2 is 1.94 bits per heavy atom. The smallest absolute Gasteiger partial charge is 0.315 e. The minimum Gasteiger partial charge on any atom is -0.491 e. The van der Waals surface area contributed by atoms with E-state index >= 15 is 0 Å². The molecule has 14 heteroatoms. The average Bonchev–Trinajstić information content (AvgIpc) is 3.41. The molecule has 34 heavy (non-hydrogen) atoms. The molecule has 2 amide bonds. The van der Waals surface area contributed by atoms with Crippen LogP contribution in [0.1, 0.15) is 19.5 Å². The molecule has 2 aromatic heterocycles. The summed E-state index contributed by atoms with van der Waals surface area (Å²) in [6.45, 7) is 4.38. The summed E-state index contributed by atoms with van der Waals surface area (Å²) < 4.78 is 31.7. The molecule has 0 aliphatic carbocycles. The third-order valence-corrected chi connectivity index (χ3v) is 6.77. The Kier molecular flexibility index (Phi) is 8.66. The number of nitrogens with zero attached hydrogens (tertiary/aromatic N) is 2. The van der Waals surface area contributed by atoms with Crippen LogP contribution >= 0.6 is 23.1 Å². The first kappa shape index (κ1) is 25.7. The summed E-state index contributed by atoms with van der Waals surface area (Å²) in [5.74, 6) is -1.08. The fourth-order valence-electron chi connectivity index (χ4n) is 2.46. The zero-order valence-electron chi connectivity index (χ0n) is 18.6. The summed E-state index contributed by atoms with van der Waals surface area (Å²) in [6.07, 6.45) is 4.26. The molecule has 0 saturated carbocycles. The van der Waals surface area contributed by atoms with E-state index in [0.717, 1.165) is 17.6 Å². The van der Waals surface area contributed by atoms with Crippen LogP contribution in [0.5, 0.6) is 5.75 Å². The van der Waals surface area contributed by atoms with E-state index in [0.29, 0.717) is 33.1 Å². The molecule has 0 radical (unpaired) electrons. The van der Waals surface area contributed by atoms with Gasteiger partial charge in [-0.05, 0) is 29.8 Å². The van der Waals surface area contributed by atoms with Gasteiger partial charge < -0.3 is 15.0 Å². The van der Waals surface area contributed by atoms with E-state index in [4.69, 9.17) is 4.74 Å². The maximum atomic E-state index is 12.5. The highest BCUT2D eigenvalue weighted by molar-refractivity contribution is 8.01. The highest BCUT2D eigenvalue weighted by Gasteiger charge is 2.21. The van der Waals surface area contributed by atoms with Gasteiger partial charge >= 0.3 is 11.8 Å². The van der Waals surface area contributed by atoms with Crippen LogP contribution in [0.15, 0.2) is 46.0 Å². The van der Waals surface area contributed by atoms with Crippen molar-refractivity contribution in [3.05, 3.63) is 42.4 Å². The molecular weight excluding hydrogens is 500 g/mol. The number of amides is 2. The number of thiazole rings is 1. The molecule has 0 atom stereocenters. The van der Waals surface area contributed by atoms with Crippen LogP contribution in [0.4, 0.5) is 10.8 Å². The Morgan fingerprint density at radius 1 is 1.21 bits per heavy atom. The summed E-state index contributed by atoms with van der Waals surface area (Å²) in [4.78, 5) is 36.4. The van der Waals surface area contributed by atoms with Crippen molar-refractivity contribution >= 4 is 55.8 Å². The zero-order valence-corrected chi connectivity index (χ0v) is 21.1. The molecule has 4 N–H and O–H groups in total. The summed E-state index contributed by atoms with van der Waals surface area (Å²) in [6, 6.07) is 6.83. The van der Waals surface area contributed by atoms with Gasteiger partial charge in [-0.15, -0.1) is 0 Å². The topological polar surface area (TPSA) is 155 Å². The molecule has 182 valence electrons. The number of carbonyl (C=O) groups is 2. The van der Waals surface area contributed by atoms with Crippen molar-refractivity contribution in [3.8, 4) is 5.75 Å². The summed E-state index contributed by atoms with van der Waals surface area (Å²) >= 11 is 2.32. The molecule has 0 bridgehead atoms. The van der Waals surface area contributed by atoms with E-state index < -0.39 is 21.8 Å². The summed E-state index contributed by atoms with van der Waals surface area (Å²) in [5.41, 5.74) is 0.759. The number of aromatic nitrogens is 3. The van der Waals surface area contributed by atoms with Gasteiger partial charge in [-0.1, -0.05) is 37.3 Å². The number of H-pyrrole nitrogens is 1. The van der Waals surface area contributed by atoms with Gasteiger partial charge in [0.1, 0.15) is 5.75 Å². The van der Waals surface area contributed by atoms with Crippen molar-refractivity contribution in [1.29, 1.82) is 0 Å². The number of rotatable bonds is 10. The first-order valence-corrected chi connectivity index (χ1v) is 13.6. The number of imidazole rings is 1. The molecule has 11 nitrogen and oxygen atoms in total. The Morgan fingerprint density at radius 3 is 2.62 bits per heavy atom. The first-order valence-electron chi connectivity index (χ1n) is 10.1. The quantitative estimate of drug-likeness (QED) is 0.295. The summed E-state index contributed by atoms with van der Waals surface area (Å²) in [5, 5.41) is 5.72. The molecule has 0 spiro atoms. The van der Waals surface area contributed by atoms with E-state index in [-0.39, 0.29) is 17.6 Å². The number of benzene rings is 1. The fraction of sp³-hybridized carbons (Fsp3) is 0.300. The van der Waals surface area contributed by atoms with Crippen LogP contribution in [0, 0.1) is 5.92 Å². The molecule has 0 saturated heterocycles. The van der Waals surface area contributed by atoms with Crippen LogP contribution in [0.2, 0.25) is 0 Å². The normalized spacial score (nSPS) is 11.4. The van der Waals surface area contributed by atoms with Gasteiger partial charge in [0, 0.05) is 12.4 Å². The lowest BCUT2D eigenvalue weighted by Crippen LogP contribution is -2.29. The molecule has 2 heterocycles. The SMILES string of the molecule is CC(C)COc1ccccc1NC(=O)C(=O)Nc1nc(CNS(C)(=O)=O)c(Sc2ncc[nH]2)s1. The third-order valence-electron chi connectivity index (χ3n) is 3.96. The van der Waals surface area contributed by atoms with Crippen molar-refractivity contribution in [1.82, 2.24) is 19.7 Å². The van der Waals surface area contributed by atoms with E-state index in [9.17, 15) is 18.0 Å². The van der Waals surface area contributed by atoms with Crippen LogP contribution < -0.4 is 20.1 Å². The number of sulfonamides is 1. The van der Waals surface area contributed by atoms with Crippen LogP contribution in [0.25, 0.3) is 0 Å². The third kappa shape index (κ3) is 7.83. The average molecular weight is 525 g/mol. The lowest BCUT2D eigenvalue weighted by atomic mass is 10.2. The number of anilines is 2. The van der Waals surface area contributed by atoms with E-state index in [2.05, 4.69) is 30.3 Å². The van der Waals surface area contributed by atoms with Crippen LogP contribution in [-0.2, 0) is 26.2 Å². The van der Waals surface area contributed by atoms with Gasteiger partial charge in [0.25, 0.3) is 0 Å². The lowest BCUT2D eigenvalue weighted by molar-refractivity contribution is -0.133. The molecule has 0 aliphatic rings. The van der Waals surface area contributed by atoms with Crippen molar-refractivity contribution in [3.63, 3.8) is 0 Å². The fourth-order valence-corrected chi connectivity index (χ4v) is 4.86. The minimum absolute atomic E-state index is 0.0823. The predicted molar refractivity (Wildman–Crippen MR) is 131 cm³/mol. The van der Waals surface area contributed by atoms with Crippen molar-refractivity contribution in [2.75, 3.05) is 23.5 Å². The minimum atomic E-state index is -3.46. The lowest BCUT2D eigenvalue weighted by Gasteiger charge is -2.13. The van der Waals surface area contributed by atoms with Gasteiger partial charge in [0.15, 0.2) is 10.3 Å². The number of hydrogen-bond donors (Lipinski definition) is 4. The number of ether oxygens (including phenoxy) is 1. The highest BCUT2D eigenvalue weighted by Crippen LogP contribution is 2.36. The number of aromatic amines is 1. The van der Waals surface area contributed by atoms with Gasteiger partial charge in [-0.3, -0.25) is 14.9 Å². The number of para-hydroxylation sites is 2. The van der Waals surface area contributed by atoms with Crippen molar-refractivity contribution < 1.29 is 22.7 Å². The number of nitrogens with one attached hydrogen (secondary N) is 4. The van der Waals surface area contributed by atoms with Gasteiger partial charge in [0.2, 0.25) is 10.0 Å². The summed E-state index contributed by atoms with van der Waals surface area (Å²) in [7, 11) is -3.46. The Bertz CT molecular complexity index is 1240. The van der Waals surface area contributed by atoms with E-state index in [1.165, 1.54) is 11.8 Å². The molecule has 3 rings (SSSR count). The molecule has 0 unspecified atom stereocenters. The largest absolute Gasteiger partial charge is 0.491 e. The van der Waals surface area contributed by atoms with Crippen LogP contribution in [-0.4, -0.2) is 48.0 Å². The number of hydrogen-bond acceptors (Lipinski definition) is 9. The van der Waals surface area contributed by atoms with E-state index in [1.807, 2.05) is 13.8 Å². The van der Waals surface area contributed by atoms with Gasteiger partial charge in [0.05, 0.1) is 35.0 Å². The van der Waals surface area contributed by atoms with E-state index in [1.54, 1.807) is 36.7 Å². The Balaban J connectivity index is 1.71. The standard InChI is InChI=1S/C20H24N6O5S3/c1-12(2)11-31-15-7-5-4-6-13(15)24-16(27)17(28)26-20-25-14(10-23-34(3,29)30)18(33-20)32-19-21-8-9-22-19/h4-9,12,23H,10-11H2,1-3H3,(H,21,22)(H,24,27)(H,25,26,28). The first-order chi connectivity index (χ1) is 16.1. The Labute approximate surface area is 205 Å². The van der Waals surface area contributed by atoms with Gasteiger partial charge in [-0.25, -0.2) is 23.1 Å². The zero-order chi connectivity index (χ0) is 24.7. The highest BCUT2D eigenvalue weighted by atomic mass is 32.2. The molecule has 1 aromatic carbocycles. The molecular formula is C20H24N6O5S3. The molecule has 0 aliphatic heterocycles. The molecule has 0 fully saturated rings. The Hall–Kier alpha value is -2.94. The second-order valence-electron chi connectivity index (χ2n) is 7.45. The second-order valence-corrected chi connectivity index (χ2v) is 11.5. The van der Waals surface area contributed by atoms with Crippen molar-refractivity contribution in [2.45, 2.75) is 29.8 Å². The second kappa shape index (κ2) is 11.5. The maximum Gasteiger partial charge on any atom is 0.315 e.